The van der Waals surface area contributed by atoms with Gasteiger partial charge in [-0.15, -0.1) is 0 Å². The van der Waals surface area contributed by atoms with Gasteiger partial charge in [0, 0.05) is 23.8 Å². The number of ether oxygens (including phenoxy) is 2. The molecule has 0 saturated carbocycles. The fourth-order valence-electron chi connectivity index (χ4n) is 1.96. The summed E-state index contributed by atoms with van der Waals surface area (Å²) >= 11 is 0. The Balaban J connectivity index is 2.18. The van der Waals surface area contributed by atoms with E-state index in [-0.39, 0.29) is 5.69 Å². The monoisotopic (exact) mass is 315 g/mol. The molecule has 0 aliphatic rings. The smallest absolute Gasteiger partial charge is 0.269 e. The van der Waals surface area contributed by atoms with Crippen molar-refractivity contribution in [3.63, 3.8) is 0 Å². The second-order valence-corrected chi connectivity index (χ2v) is 4.68. The number of nitrogens with zero attached hydrogens (tertiary/aromatic N) is 2. The number of hydrogen-bond acceptors (Lipinski definition) is 6. The van der Waals surface area contributed by atoms with Gasteiger partial charge in [0.1, 0.15) is 11.5 Å². The molecule has 2 aromatic carbocycles. The summed E-state index contributed by atoms with van der Waals surface area (Å²) in [4.78, 5) is 10.2. The Bertz CT molecular complexity index is 727. The third-order valence-corrected chi connectivity index (χ3v) is 3.23. The standard InChI is InChI=1S/C16H17N3O4/c1-11(15-9-8-14(22-2)10-16(15)23-3)17-18-12-4-6-13(7-5-12)19(20)21/h4-10,18H,1-3H3. The van der Waals surface area contributed by atoms with E-state index in [4.69, 9.17) is 9.47 Å². The molecule has 0 saturated heterocycles. The predicted molar refractivity (Wildman–Crippen MR) is 88.5 cm³/mol. The molecule has 0 aliphatic heterocycles. The number of nitrogens with one attached hydrogen (secondary N) is 1. The highest BCUT2D eigenvalue weighted by molar-refractivity contribution is 6.01. The van der Waals surface area contributed by atoms with Gasteiger partial charge in [0.25, 0.3) is 5.69 Å². The Labute approximate surface area is 133 Å². The summed E-state index contributed by atoms with van der Waals surface area (Å²) in [5, 5.41) is 14.9. The zero-order chi connectivity index (χ0) is 16.8. The fraction of sp³-hybridized carbons (Fsp3) is 0.188. The summed E-state index contributed by atoms with van der Waals surface area (Å²) in [6.45, 7) is 1.84. The molecule has 120 valence electrons. The molecule has 1 N–H and O–H groups in total. The maximum atomic E-state index is 10.6. The number of anilines is 1. The molecule has 0 fully saturated rings. The predicted octanol–water partition coefficient (Wildman–Crippen LogP) is 3.45. The second-order valence-electron chi connectivity index (χ2n) is 4.68. The minimum atomic E-state index is -0.444. The van der Waals surface area contributed by atoms with Crippen LogP contribution in [0.3, 0.4) is 0 Å². The second kappa shape index (κ2) is 7.26. The Morgan fingerprint density at radius 2 is 1.83 bits per heavy atom. The number of benzene rings is 2. The van der Waals surface area contributed by atoms with Gasteiger partial charge in [0.15, 0.2) is 0 Å². The molecular formula is C16H17N3O4. The zero-order valence-electron chi connectivity index (χ0n) is 13.1. The van der Waals surface area contributed by atoms with E-state index < -0.39 is 4.92 Å². The van der Waals surface area contributed by atoms with Crippen LogP contribution in [-0.2, 0) is 0 Å². The minimum absolute atomic E-state index is 0.0353. The van der Waals surface area contributed by atoms with E-state index in [1.54, 1.807) is 32.4 Å². The highest BCUT2D eigenvalue weighted by atomic mass is 16.6. The van der Waals surface area contributed by atoms with Gasteiger partial charge in [-0.05, 0) is 31.2 Å². The lowest BCUT2D eigenvalue weighted by Gasteiger charge is -2.10. The highest BCUT2D eigenvalue weighted by Crippen LogP contribution is 2.25. The molecule has 7 heteroatoms. The van der Waals surface area contributed by atoms with Gasteiger partial charge in [0.05, 0.1) is 30.5 Å². The topological polar surface area (TPSA) is 86.0 Å². The average molecular weight is 315 g/mol. The number of hydrogen-bond donors (Lipinski definition) is 1. The first-order valence-electron chi connectivity index (χ1n) is 6.82. The number of nitro groups is 1. The van der Waals surface area contributed by atoms with Gasteiger partial charge in [0.2, 0.25) is 0 Å². The quantitative estimate of drug-likeness (QED) is 0.501. The first-order chi connectivity index (χ1) is 11.0. The van der Waals surface area contributed by atoms with Crippen LogP contribution in [0.4, 0.5) is 11.4 Å². The van der Waals surface area contributed by atoms with Crippen LogP contribution in [0.1, 0.15) is 12.5 Å². The maximum Gasteiger partial charge on any atom is 0.269 e. The molecule has 2 aromatic rings. The first-order valence-corrected chi connectivity index (χ1v) is 6.82. The summed E-state index contributed by atoms with van der Waals surface area (Å²) in [6, 6.07) is 11.5. The van der Waals surface area contributed by atoms with Gasteiger partial charge in [-0.25, -0.2) is 0 Å². The highest BCUT2D eigenvalue weighted by Gasteiger charge is 2.08. The van der Waals surface area contributed by atoms with Gasteiger partial charge < -0.3 is 9.47 Å². The molecule has 0 radical (unpaired) electrons. The van der Waals surface area contributed by atoms with Crippen LogP contribution in [-0.4, -0.2) is 24.9 Å². The lowest BCUT2D eigenvalue weighted by Crippen LogP contribution is -2.03. The van der Waals surface area contributed by atoms with Crippen molar-refractivity contribution in [2.24, 2.45) is 5.10 Å². The van der Waals surface area contributed by atoms with Crippen LogP contribution < -0.4 is 14.9 Å². The van der Waals surface area contributed by atoms with Crippen molar-refractivity contribution < 1.29 is 14.4 Å². The Morgan fingerprint density at radius 1 is 1.13 bits per heavy atom. The lowest BCUT2D eigenvalue weighted by atomic mass is 10.1. The SMILES string of the molecule is COc1ccc(C(C)=NNc2ccc([N+](=O)[O-])cc2)c(OC)c1. The molecule has 7 nitrogen and oxygen atoms in total. The summed E-state index contributed by atoms with van der Waals surface area (Å²) < 4.78 is 10.5. The largest absolute Gasteiger partial charge is 0.497 e. The number of rotatable bonds is 6. The Kier molecular flexibility index (Phi) is 5.14. The number of nitro benzene ring substituents is 1. The van der Waals surface area contributed by atoms with Gasteiger partial charge in [-0.1, -0.05) is 0 Å². The molecule has 0 spiro atoms. The Morgan fingerprint density at radius 3 is 2.39 bits per heavy atom. The van der Waals surface area contributed by atoms with Crippen molar-refractivity contribution in [1.82, 2.24) is 0 Å². The van der Waals surface area contributed by atoms with E-state index in [0.29, 0.717) is 22.9 Å². The van der Waals surface area contributed by atoms with Gasteiger partial charge in [-0.2, -0.15) is 5.10 Å². The van der Waals surface area contributed by atoms with Crippen LogP contribution in [0.5, 0.6) is 11.5 Å². The van der Waals surface area contributed by atoms with Crippen molar-refractivity contribution in [3.05, 3.63) is 58.1 Å². The summed E-state index contributed by atoms with van der Waals surface area (Å²) in [7, 11) is 3.17. The zero-order valence-corrected chi connectivity index (χ0v) is 13.1. The van der Waals surface area contributed by atoms with E-state index in [1.807, 2.05) is 19.1 Å². The van der Waals surface area contributed by atoms with Crippen molar-refractivity contribution >= 4 is 17.1 Å². The van der Waals surface area contributed by atoms with Crippen molar-refractivity contribution in [2.75, 3.05) is 19.6 Å². The number of non-ortho nitro benzene ring substituents is 1. The third kappa shape index (κ3) is 3.97. The molecular weight excluding hydrogens is 298 g/mol. The van der Waals surface area contributed by atoms with E-state index in [2.05, 4.69) is 10.5 Å². The van der Waals surface area contributed by atoms with Gasteiger partial charge >= 0.3 is 0 Å². The lowest BCUT2D eigenvalue weighted by molar-refractivity contribution is -0.384. The molecule has 0 unspecified atom stereocenters. The average Bonchev–Trinajstić information content (AvgIpc) is 2.59. The molecule has 0 aromatic heterocycles. The molecule has 0 aliphatic carbocycles. The van der Waals surface area contributed by atoms with Crippen LogP contribution in [0.25, 0.3) is 0 Å². The van der Waals surface area contributed by atoms with E-state index in [9.17, 15) is 10.1 Å². The van der Waals surface area contributed by atoms with E-state index in [0.717, 1.165) is 5.56 Å². The van der Waals surface area contributed by atoms with E-state index >= 15 is 0 Å². The normalized spacial score (nSPS) is 11.0. The number of methoxy groups -OCH3 is 2. The molecule has 2 rings (SSSR count). The van der Waals surface area contributed by atoms with Crippen LogP contribution >= 0.6 is 0 Å². The summed E-state index contributed by atoms with van der Waals surface area (Å²) in [6.07, 6.45) is 0. The molecule has 0 atom stereocenters. The molecule has 0 heterocycles. The third-order valence-electron chi connectivity index (χ3n) is 3.23. The molecule has 0 amide bonds. The van der Waals surface area contributed by atoms with Crippen LogP contribution in [0, 0.1) is 10.1 Å². The van der Waals surface area contributed by atoms with Crippen molar-refractivity contribution in [1.29, 1.82) is 0 Å². The maximum absolute atomic E-state index is 10.6. The van der Waals surface area contributed by atoms with E-state index in [1.165, 1.54) is 12.1 Å². The summed E-state index contributed by atoms with van der Waals surface area (Å²) in [5.74, 6) is 1.35. The Hall–Kier alpha value is -3.09. The van der Waals surface area contributed by atoms with Gasteiger partial charge in [-0.3, -0.25) is 15.5 Å². The molecule has 23 heavy (non-hydrogen) atoms. The first kappa shape index (κ1) is 16.3. The number of hydrazone groups is 1. The van der Waals surface area contributed by atoms with Crippen molar-refractivity contribution in [3.8, 4) is 11.5 Å². The van der Waals surface area contributed by atoms with Crippen molar-refractivity contribution in [2.45, 2.75) is 6.92 Å². The minimum Gasteiger partial charge on any atom is -0.497 e. The fourth-order valence-corrected chi connectivity index (χ4v) is 1.96. The summed E-state index contributed by atoms with van der Waals surface area (Å²) in [5.41, 5.74) is 5.09. The van der Waals surface area contributed by atoms with Crippen LogP contribution in [0.15, 0.2) is 47.6 Å². The molecule has 0 bridgehead atoms. The van der Waals surface area contributed by atoms with Crippen LogP contribution in [0.2, 0.25) is 0 Å².